The van der Waals surface area contributed by atoms with Gasteiger partial charge in [0.2, 0.25) is 0 Å². The van der Waals surface area contributed by atoms with Gasteiger partial charge in [-0.05, 0) is 11.5 Å². The Morgan fingerprint density at radius 2 is 1.62 bits per heavy atom. The minimum absolute atomic E-state index is 0.356. The fourth-order valence-electron chi connectivity index (χ4n) is 2.05. The van der Waals surface area contributed by atoms with Gasteiger partial charge in [0.05, 0.1) is 8.07 Å². The summed E-state index contributed by atoms with van der Waals surface area (Å²) in [4.78, 5) is 0. The van der Waals surface area contributed by atoms with Crippen LogP contribution in [0.2, 0.25) is 19.1 Å². The van der Waals surface area contributed by atoms with Gasteiger partial charge < -0.3 is 0 Å². The SMILES string of the molecule is CC1(C)\C=C/C=C\C=C/[Si](C)(C)C1. The van der Waals surface area contributed by atoms with Gasteiger partial charge >= 0.3 is 0 Å². The average Bonchev–Trinajstić information content (AvgIpc) is 1.97. The van der Waals surface area contributed by atoms with E-state index >= 15 is 0 Å². The second-order valence-corrected chi connectivity index (χ2v) is 9.92. The van der Waals surface area contributed by atoms with Crippen LogP contribution in [0.5, 0.6) is 0 Å². The maximum atomic E-state index is 2.43. The Bertz CT molecular complexity index is 228. The summed E-state index contributed by atoms with van der Waals surface area (Å²) < 4.78 is 0. The van der Waals surface area contributed by atoms with Gasteiger partial charge in [0, 0.05) is 0 Å². The van der Waals surface area contributed by atoms with Crippen LogP contribution in [0.1, 0.15) is 13.8 Å². The van der Waals surface area contributed by atoms with Gasteiger partial charge in [0.1, 0.15) is 0 Å². The Morgan fingerprint density at radius 1 is 1.00 bits per heavy atom. The third kappa shape index (κ3) is 3.77. The molecule has 0 aromatic carbocycles. The molecule has 0 spiro atoms. The molecule has 0 radical (unpaired) electrons. The Morgan fingerprint density at radius 3 is 2.31 bits per heavy atom. The van der Waals surface area contributed by atoms with Gasteiger partial charge in [-0.2, -0.15) is 0 Å². The lowest BCUT2D eigenvalue weighted by Crippen LogP contribution is -2.29. The van der Waals surface area contributed by atoms with Crippen LogP contribution in [0.15, 0.2) is 36.1 Å². The molecule has 0 fully saturated rings. The minimum atomic E-state index is -1.12. The Kier molecular flexibility index (Phi) is 2.97. The second kappa shape index (κ2) is 3.67. The van der Waals surface area contributed by atoms with Crippen molar-refractivity contribution >= 4 is 8.07 Å². The molecule has 1 heterocycles. The van der Waals surface area contributed by atoms with Crippen molar-refractivity contribution in [2.45, 2.75) is 33.0 Å². The zero-order valence-electron chi connectivity index (χ0n) is 9.17. The van der Waals surface area contributed by atoms with Crippen molar-refractivity contribution < 1.29 is 0 Å². The van der Waals surface area contributed by atoms with Gasteiger partial charge in [-0.25, -0.2) is 0 Å². The van der Waals surface area contributed by atoms with Crippen LogP contribution in [0, 0.1) is 5.41 Å². The van der Waals surface area contributed by atoms with E-state index < -0.39 is 8.07 Å². The van der Waals surface area contributed by atoms with Crippen LogP contribution in [-0.2, 0) is 0 Å². The highest BCUT2D eigenvalue weighted by atomic mass is 28.3. The summed E-state index contributed by atoms with van der Waals surface area (Å²) in [6.45, 7) is 9.51. The highest BCUT2D eigenvalue weighted by molar-refractivity contribution is 6.82. The Balaban J connectivity index is 2.93. The van der Waals surface area contributed by atoms with E-state index in [1.54, 1.807) is 0 Å². The van der Waals surface area contributed by atoms with E-state index in [0.717, 1.165) is 0 Å². The van der Waals surface area contributed by atoms with E-state index in [4.69, 9.17) is 0 Å². The zero-order chi connectivity index (χ0) is 9.95. The van der Waals surface area contributed by atoms with Crippen LogP contribution in [0.25, 0.3) is 0 Å². The molecule has 72 valence electrons. The first-order valence-corrected chi connectivity index (χ1v) is 8.24. The zero-order valence-corrected chi connectivity index (χ0v) is 10.2. The normalized spacial score (nSPS) is 32.3. The van der Waals surface area contributed by atoms with Crippen LogP contribution in [-0.4, -0.2) is 8.07 Å². The van der Waals surface area contributed by atoms with Gasteiger partial charge in [-0.3, -0.25) is 0 Å². The molecular formula is C12H20Si. The fraction of sp³-hybridized carbons (Fsp3) is 0.500. The topological polar surface area (TPSA) is 0 Å². The largest absolute Gasteiger partial charge is 0.0947 e. The summed E-state index contributed by atoms with van der Waals surface area (Å²) in [5.41, 5.74) is 2.78. The quantitative estimate of drug-likeness (QED) is 0.510. The maximum absolute atomic E-state index is 2.43. The molecule has 0 aliphatic carbocycles. The van der Waals surface area contributed by atoms with Crippen LogP contribution in [0.3, 0.4) is 0 Å². The number of hydrogen-bond donors (Lipinski definition) is 0. The van der Waals surface area contributed by atoms with Crippen LogP contribution >= 0.6 is 0 Å². The summed E-state index contributed by atoms with van der Waals surface area (Å²) in [7, 11) is -1.12. The molecule has 0 saturated carbocycles. The van der Waals surface area contributed by atoms with Gasteiger partial charge in [0.25, 0.3) is 0 Å². The molecule has 13 heavy (non-hydrogen) atoms. The van der Waals surface area contributed by atoms with Crippen molar-refractivity contribution in [3.8, 4) is 0 Å². The average molecular weight is 192 g/mol. The molecule has 0 aromatic heterocycles. The Labute approximate surface area is 83.1 Å². The molecule has 0 amide bonds. The van der Waals surface area contributed by atoms with Gasteiger partial charge in [-0.1, -0.05) is 63.0 Å². The lowest BCUT2D eigenvalue weighted by Gasteiger charge is -2.28. The third-order valence-corrected chi connectivity index (χ3v) is 5.26. The molecule has 0 aromatic rings. The molecular weight excluding hydrogens is 172 g/mol. The van der Waals surface area contributed by atoms with Crippen LogP contribution in [0.4, 0.5) is 0 Å². The van der Waals surface area contributed by atoms with Crippen molar-refractivity contribution in [2.75, 3.05) is 0 Å². The molecule has 0 atom stereocenters. The van der Waals surface area contributed by atoms with E-state index in [-0.39, 0.29) is 0 Å². The highest BCUT2D eigenvalue weighted by Crippen LogP contribution is 2.31. The van der Waals surface area contributed by atoms with Crippen molar-refractivity contribution in [3.63, 3.8) is 0 Å². The van der Waals surface area contributed by atoms with Crippen molar-refractivity contribution in [2.24, 2.45) is 5.41 Å². The molecule has 1 heteroatoms. The highest BCUT2D eigenvalue weighted by Gasteiger charge is 2.26. The third-order valence-electron chi connectivity index (χ3n) is 2.34. The van der Waals surface area contributed by atoms with Crippen molar-refractivity contribution in [1.82, 2.24) is 0 Å². The van der Waals surface area contributed by atoms with E-state index in [1.807, 2.05) is 0 Å². The summed E-state index contributed by atoms with van der Waals surface area (Å²) in [6, 6.07) is 1.33. The Hall–Kier alpha value is -0.563. The summed E-state index contributed by atoms with van der Waals surface area (Å²) in [5.74, 6) is 0. The second-order valence-electron chi connectivity index (χ2n) is 5.26. The maximum Gasteiger partial charge on any atom is 0.0725 e. The van der Waals surface area contributed by atoms with Gasteiger partial charge in [0.15, 0.2) is 0 Å². The molecule has 0 N–H and O–H groups in total. The molecule has 0 saturated heterocycles. The van der Waals surface area contributed by atoms with Crippen molar-refractivity contribution in [3.05, 3.63) is 36.1 Å². The molecule has 0 unspecified atom stereocenters. The monoisotopic (exact) mass is 192 g/mol. The van der Waals surface area contributed by atoms with E-state index in [9.17, 15) is 0 Å². The predicted molar refractivity (Wildman–Crippen MR) is 63.5 cm³/mol. The lowest BCUT2D eigenvalue weighted by molar-refractivity contribution is 0.535. The number of allylic oxidation sites excluding steroid dienone is 5. The van der Waals surface area contributed by atoms with Crippen LogP contribution < -0.4 is 0 Å². The molecule has 0 nitrogen and oxygen atoms in total. The van der Waals surface area contributed by atoms with E-state index in [1.165, 1.54) is 6.04 Å². The number of rotatable bonds is 0. The standard InChI is InChI=1S/C12H20Si/c1-12(2)9-7-5-6-8-10-13(3,4)11-12/h5-10H,11H2,1-4H3/b6-5-,9-7-,10-8-. The fourth-order valence-corrected chi connectivity index (χ4v) is 5.27. The first-order chi connectivity index (χ1) is 5.91. The summed E-state index contributed by atoms with van der Waals surface area (Å²) >= 11 is 0. The summed E-state index contributed by atoms with van der Waals surface area (Å²) in [5, 5.41) is 0. The minimum Gasteiger partial charge on any atom is -0.0947 e. The smallest absolute Gasteiger partial charge is 0.0725 e. The van der Waals surface area contributed by atoms with E-state index in [2.05, 4.69) is 63.0 Å². The van der Waals surface area contributed by atoms with E-state index in [0.29, 0.717) is 5.41 Å². The lowest BCUT2D eigenvalue weighted by atomic mass is 9.96. The molecule has 1 rings (SSSR count). The molecule has 1 aliphatic rings. The summed E-state index contributed by atoms with van der Waals surface area (Å²) in [6.07, 6.45) is 10.9. The molecule has 1 aliphatic heterocycles. The number of hydrogen-bond acceptors (Lipinski definition) is 0. The first kappa shape index (κ1) is 10.5. The predicted octanol–water partition coefficient (Wildman–Crippen LogP) is 3.94. The first-order valence-electron chi connectivity index (χ1n) is 4.95. The van der Waals surface area contributed by atoms with Crippen molar-refractivity contribution in [1.29, 1.82) is 0 Å². The molecule has 0 bridgehead atoms. The van der Waals surface area contributed by atoms with Gasteiger partial charge in [-0.15, -0.1) is 0 Å².